The fourth-order valence-corrected chi connectivity index (χ4v) is 4.83. The van der Waals surface area contributed by atoms with E-state index in [4.69, 9.17) is 0 Å². The van der Waals surface area contributed by atoms with Crippen LogP contribution in [0.15, 0.2) is 24.3 Å². The Labute approximate surface area is 129 Å². The number of rotatable bonds is 1. The van der Waals surface area contributed by atoms with Gasteiger partial charge in [-0.25, -0.2) is 0 Å². The van der Waals surface area contributed by atoms with Crippen molar-refractivity contribution in [1.82, 2.24) is 5.32 Å². The predicted octanol–water partition coefficient (Wildman–Crippen LogP) is 2.45. The maximum atomic E-state index is 12.5. The molecule has 1 spiro atoms. The fourth-order valence-electron chi connectivity index (χ4n) is 4.83. The lowest BCUT2D eigenvalue weighted by Gasteiger charge is -2.60. The van der Waals surface area contributed by atoms with E-state index in [1.807, 2.05) is 24.3 Å². The van der Waals surface area contributed by atoms with Gasteiger partial charge in [-0.2, -0.15) is 0 Å². The van der Waals surface area contributed by atoms with Gasteiger partial charge in [0.2, 0.25) is 0 Å². The zero-order chi connectivity index (χ0) is 15.5. The van der Waals surface area contributed by atoms with E-state index in [9.17, 15) is 14.7 Å². The van der Waals surface area contributed by atoms with E-state index in [1.165, 1.54) is 0 Å². The average Bonchev–Trinajstić information content (AvgIpc) is 2.46. The number of anilines is 1. The molecule has 1 amide bonds. The first-order chi connectivity index (χ1) is 10.4. The lowest BCUT2D eigenvalue weighted by molar-refractivity contribution is -0.156. The number of para-hydroxylation sites is 1. The summed E-state index contributed by atoms with van der Waals surface area (Å²) >= 11 is 0. The minimum atomic E-state index is -0.704. The van der Waals surface area contributed by atoms with Gasteiger partial charge in [-0.05, 0) is 43.2 Å². The molecule has 1 aliphatic heterocycles. The van der Waals surface area contributed by atoms with Gasteiger partial charge >= 0.3 is 5.97 Å². The predicted molar refractivity (Wildman–Crippen MR) is 81.5 cm³/mol. The molecule has 4 atom stereocenters. The van der Waals surface area contributed by atoms with Gasteiger partial charge in [0.1, 0.15) is 5.66 Å². The van der Waals surface area contributed by atoms with Crippen LogP contribution in [0.4, 0.5) is 5.69 Å². The van der Waals surface area contributed by atoms with Gasteiger partial charge in [0, 0.05) is 11.6 Å². The van der Waals surface area contributed by atoms with Crippen molar-refractivity contribution in [3.63, 3.8) is 0 Å². The zero-order valence-corrected chi connectivity index (χ0v) is 12.6. The number of amides is 1. The molecule has 0 saturated heterocycles. The smallest absolute Gasteiger partial charge is 0.307 e. The van der Waals surface area contributed by atoms with E-state index in [1.54, 1.807) is 0 Å². The van der Waals surface area contributed by atoms with Gasteiger partial charge in [-0.15, -0.1) is 0 Å². The maximum absolute atomic E-state index is 12.5. The van der Waals surface area contributed by atoms with Crippen molar-refractivity contribution in [2.24, 2.45) is 17.3 Å². The Morgan fingerprint density at radius 2 is 2.09 bits per heavy atom. The van der Waals surface area contributed by atoms with Gasteiger partial charge < -0.3 is 15.7 Å². The van der Waals surface area contributed by atoms with Gasteiger partial charge in [0.15, 0.2) is 0 Å². The highest BCUT2D eigenvalue weighted by atomic mass is 16.4. The molecule has 1 heterocycles. The highest BCUT2D eigenvalue weighted by molar-refractivity contribution is 6.02. The van der Waals surface area contributed by atoms with Crippen molar-refractivity contribution in [3.05, 3.63) is 29.8 Å². The maximum Gasteiger partial charge on any atom is 0.307 e. The second-order valence-electron chi connectivity index (χ2n) is 7.29. The molecule has 116 valence electrons. The largest absolute Gasteiger partial charge is 0.481 e. The number of benzene rings is 1. The van der Waals surface area contributed by atoms with E-state index in [0.717, 1.165) is 18.5 Å². The molecular formula is C17H20N2O3. The fraction of sp³-hybridized carbons (Fsp3) is 0.529. The first-order valence-electron chi connectivity index (χ1n) is 7.86. The minimum Gasteiger partial charge on any atom is -0.481 e. The third-order valence-corrected chi connectivity index (χ3v) is 5.97. The van der Waals surface area contributed by atoms with Crippen LogP contribution in [0.5, 0.6) is 0 Å². The number of carbonyl (C=O) groups excluding carboxylic acids is 1. The van der Waals surface area contributed by atoms with Crippen LogP contribution in [0.2, 0.25) is 0 Å². The molecule has 5 nitrogen and oxygen atoms in total. The highest BCUT2D eigenvalue weighted by Gasteiger charge is 2.60. The molecule has 5 rings (SSSR count). The third-order valence-electron chi connectivity index (χ3n) is 5.97. The topological polar surface area (TPSA) is 78.4 Å². The summed E-state index contributed by atoms with van der Waals surface area (Å²) in [6, 6.07) is 7.51. The van der Waals surface area contributed by atoms with Crippen LogP contribution in [-0.4, -0.2) is 22.6 Å². The number of hydrogen-bond donors (Lipinski definition) is 3. The van der Waals surface area contributed by atoms with Crippen molar-refractivity contribution in [1.29, 1.82) is 0 Å². The first-order valence-corrected chi connectivity index (χ1v) is 7.86. The normalized spacial score (nSPS) is 39.0. The third kappa shape index (κ3) is 1.71. The van der Waals surface area contributed by atoms with Gasteiger partial charge in [-0.3, -0.25) is 9.59 Å². The Hall–Kier alpha value is -2.04. The monoisotopic (exact) mass is 300 g/mol. The van der Waals surface area contributed by atoms with Crippen LogP contribution < -0.4 is 10.6 Å². The van der Waals surface area contributed by atoms with Crippen LogP contribution >= 0.6 is 0 Å². The van der Waals surface area contributed by atoms with E-state index in [-0.39, 0.29) is 23.2 Å². The molecule has 3 aliphatic carbocycles. The summed E-state index contributed by atoms with van der Waals surface area (Å²) in [6.07, 6.45) is 3.16. The number of fused-ring (bicyclic) bond motifs is 3. The lowest BCUT2D eigenvalue weighted by atomic mass is 9.51. The van der Waals surface area contributed by atoms with Crippen molar-refractivity contribution in [2.75, 3.05) is 5.32 Å². The molecule has 22 heavy (non-hydrogen) atoms. The molecule has 2 bridgehead atoms. The van der Waals surface area contributed by atoms with Crippen LogP contribution in [0, 0.1) is 17.3 Å². The molecule has 3 N–H and O–H groups in total. The Bertz CT molecular complexity index is 674. The molecular weight excluding hydrogens is 280 g/mol. The van der Waals surface area contributed by atoms with Crippen LogP contribution in [0.1, 0.15) is 43.0 Å². The van der Waals surface area contributed by atoms with Crippen LogP contribution in [0.3, 0.4) is 0 Å². The SMILES string of the molecule is C[C@]12CC[C@@H](C[C@@H]1C(=O)O)[C@]1(C2)NC(=O)c2ccccc2N1. The molecule has 1 aromatic rings. The average molecular weight is 300 g/mol. The van der Waals surface area contributed by atoms with E-state index < -0.39 is 11.6 Å². The minimum absolute atomic E-state index is 0.0580. The molecule has 5 heteroatoms. The van der Waals surface area contributed by atoms with E-state index >= 15 is 0 Å². The number of carboxylic acids is 1. The molecule has 3 saturated carbocycles. The Morgan fingerprint density at radius 1 is 1.32 bits per heavy atom. The molecule has 0 aromatic heterocycles. The van der Waals surface area contributed by atoms with Crippen molar-refractivity contribution in [3.8, 4) is 0 Å². The van der Waals surface area contributed by atoms with Crippen LogP contribution in [0.25, 0.3) is 0 Å². The molecule has 4 aliphatic rings. The number of aliphatic carboxylic acids is 1. The number of hydrogen-bond acceptors (Lipinski definition) is 3. The van der Waals surface area contributed by atoms with E-state index in [0.29, 0.717) is 18.4 Å². The molecule has 1 aromatic carbocycles. The second kappa shape index (κ2) is 4.24. The lowest BCUT2D eigenvalue weighted by Crippen LogP contribution is -2.69. The van der Waals surface area contributed by atoms with Crippen molar-refractivity contribution >= 4 is 17.6 Å². The highest BCUT2D eigenvalue weighted by Crippen LogP contribution is 2.58. The number of nitrogens with one attached hydrogen (secondary N) is 2. The molecule has 0 radical (unpaired) electrons. The summed E-state index contributed by atoms with van der Waals surface area (Å²) in [4.78, 5) is 24.1. The quantitative estimate of drug-likeness (QED) is 0.744. The molecule has 3 fully saturated rings. The summed E-state index contributed by atoms with van der Waals surface area (Å²) < 4.78 is 0. The van der Waals surface area contributed by atoms with Crippen molar-refractivity contribution < 1.29 is 14.7 Å². The summed E-state index contributed by atoms with van der Waals surface area (Å²) in [7, 11) is 0. The van der Waals surface area contributed by atoms with Gasteiger partial charge in [0.05, 0.1) is 11.5 Å². The van der Waals surface area contributed by atoms with E-state index in [2.05, 4.69) is 17.6 Å². The van der Waals surface area contributed by atoms with Crippen molar-refractivity contribution in [2.45, 2.75) is 38.3 Å². The standard InChI is InChI=1S/C17H20N2O3/c1-16-7-6-10(8-12(16)15(21)22)17(9-16)18-13-5-3-2-4-11(13)14(20)19-17/h2-5,10,12,18H,6-9H2,1H3,(H,19,20)(H,21,22)/t10-,12+,16+,17-/m0/s1. The van der Waals surface area contributed by atoms with Gasteiger partial charge in [0.25, 0.3) is 5.91 Å². The summed E-state index contributed by atoms with van der Waals surface area (Å²) in [5.41, 5.74) is 0.751. The Morgan fingerprint density at radius 3 is 2.82 bits per heavy atom. The summed E-state index contributed by atoms with van der Waals surface area (Å²) in [6.45, 7) is 2.05. The summed E-state index contributed by atoms with van der Waals surface area (Å²) in [5.74, 6) is -0.914. The first kappa shape index (κ1) is 13.6. The number of carboxylic acid groups (broad SMARTS) is 1. The zero-order valence-electron chi connectivity index (χ0n) is 12.6. The Balaban J connectivity index is 1.73. The second-order valence-corrected chi connectivity index (χ2v) is 7.29. The summed E-state index contributed by atoms with van der Waals surface area (Å²) in [5, 5.41) is 16.2. The van der Waals surface area contributed by atoms with Gasteiger partial charge in [-0.1, -0.05) is 19.1 Å². The molecule has 0 unspecified atom stereocenters. The Kier molecular flexibility index (Phi) is 2.63. The van der Waals surface area contributed by atoms with Crippen LogP contribution in [-0.2, 0) is 4.79 Å². The number of carbonyl (C=O) groups is 2.